The summed E-state index contributed by atoms with van der Waals surface area (Å²) >= 11 is 0. The number of rotatable bonds is 15. The minimum atomic E-state index is -2.51. The molecule has 6 fully saturated rings. The molecule has 0 unspecified atom stereocenters. The molecule has 2 aromatic rings. The highest BCUT2D eigenvalue weighted by molar-refractivity contribution is 8.77. The average molecular weight is 1170 g/mol. The zero-order valence-corrected chi connectivity index (χ0v) is 50.2. The van der Waals surface area contributed by atoms with E-state index in [1.54, 1.807) is 42.2 Å². The number of carbonyl (C=O) groups is 1. The molecule has 4 saturated carbocycles. The average Bonchev–Trinajstić information content (AvgIpc) is 1.57. The fourth-order valence-corrected chi connectivity index (χ4v) is 22.2. The van der Waals surface area contributed by atoms with E-state index in [2.05, 4.69) is 22.9 Å². The Morgan fingerprint density at radius 1 is 0.914 bits per heavy atom. The summed E-state index contributed by atoms with van der Waals surface area (Å²) in [6, 6.07) is 3.59. The maximum Gasteiger partial charge on any atom is 0.306 e. The van der Waals surface area contributed by atoms with Gasteiger partial charge >= 0.3 is 5.97 Å². The number of allylic oxidation sites excluding steroid dienone is 1. The molecule has 11 N–H and O–H groups in total. The second kappa shape index (κ2) is 25.6. The van der Waals surface area contributed by atoms with Crippen molar-refractivity contribution >= 4 is 38.5 Å². The molecular weight excluding hydrogens is 1070 g/mol. The highest BCUT2D eigenvalue weighted by Crippen LogP contribution is 2.69. The summed E-state index contributed by atoms with van der Waals surface area (Å²) in [6.45, 7) is 6.14. The fourth-order valence-electron chi connectivity index (χ4n) is 17.9. The molecule has 3 spiro atoms. The van der Waals surface area contributed by atoms with Crippen molar-refractivity contribution < 1.29 is 69.0 Å². The SMILES string of the molecule is CCOC(=O)CCc1cc2ccoc2c2c1O[C@@H]1O[C@@]3(CSS[C@]4(CC[C@]5(CC[C@H](CNC)C5)[C@H]4CC[C@]4(O)C[C@H](CCCO)C[C@H](CNC)C4)[C@H](CC[C@H](C)CCC[C@H]3O)NCCO2)[C@]2(O)C[C@@H]3C=C[C@H](O)[C@@H](CO)[C@H]3[C@@]1(O)[C@H]2O. The van der Waals surface area contributed by atoms with Gasteiger partial charge in [-0.05, 0) is 202 Å². The summed E-state index contributed by atoms with van der Waals surface area (Å²) in [5.41, 5.74) is -6.85. The highest BCUT2D eigenvalue weighted by Gasteiger charge is 2.78. The van der Waals surface area contributed by atoms with Crippen molar-refractivity contribution in [3.05, 3.63) is 36.1 Å². The van der Waals surface area contributed by atoms with Gasteiger partial charge in [-0.2, -0.15) is 0 Å². The van der Waals surface area contributed by atoms with Crippen LogP contribution >= 0.6 is 21.6 Å². The predicted molar refractivity (Wildman–Crippen MR) is 313 cm³/mol. The Labute approximate surface area is 487 Å². The number of hydrogen-bond donors (Lipinski definition) is 11. The van der Waals surface area contributed by atoms with Crippen molar-refractivity contribution in [2.75, 3.05) is 65.9 Å². The molecule has 81 heavy (non-hydrogen) atoms. The van der Waals surface area contributed by atoms with Crippen LogP contribution in [0.15, 0.2) is 35.0 Å². The lowest BCUT2D eigenvalue weighted by Crippen LogP contribution is -2.86. The quantitative estimate of drug-likeness (QED) is 0.0541. The second-order valence-electron chi connectivity index (χ2n) is 26.6. The molecule has 3 aliphatic heterocycles. The Kier molecular flexibility index (Phi) is 19.6. The second-order valence-corrected chi connectivity index (χ2v) is 29.2. The summed E-state index contributed by atoms with van der Waals surface area (Å²) in [5.74, 6) is -1.46. The van der Waals surface area contributed by atoms with Crippen LogP contribution in [0.4, 0.5) is 0 Å². The van der Waals surface area contributed by atoms with Crippen LogP contribution in [0.25, 0.3) is 11.0 Å². The summed E-state index contributed by atoms with van der Waals surface area (Å²) in [5, 5.41) is 111. The Morgan fingerprint density at radius 2 is 1.72 bits per heavy atom. The van der Waals surface area contributed by atoms with Crippen molar-refractivity contribution in [1.82, 2.24) is 16.0 Å². The van der Waals surface area contributed by atoms with E-state index in [0.717, 1.165) is 96.6 Å². The molecule has 0 radical (unpaired) electrons. The summed E-state index contributed by atoms with van der Waals surface area (Å²) in [7, 11) is 7.40. The molecule has 2 saturated heterocycles. The molecule has 4 heterocycles. The van der Waals surface area contributed by atoms with Gasteiger partial charge < -0.3 is 80.2 Å². The molecule has 5 bridgehead atoms. The standard InChI is InChI=1S/C62H97N3O14S2/c1-5-75-50(70)16-13-42-29-43-19-26-76-52(43)54-53(42)78-56-62(74)51-44(12-14-46(68)45(51)36-67)33-60(73,55(62)71)61(79-56)37-80-81-59(48(65-24-27-77-54)15-11-38(2)8-6-10-49(61)69)23-22-57(20-17-40(30-57)34-63-3)47(59)18-21-58(72)31-39(9-7-25-66)28-41(32-58)35-64-4/h12,14,19,26,29,38-41,44-49,51,55-56,63-69,71-74H,5-11,13,15-18,20-25,27-28,30-37H2,1-4H3/t38-,39-,40+,41+,44+,45-,46+,47-,48+,49-,51+,55+,56-,57+,58+,59+,60+,61-,62-/m1/s1. The first-order valence-corrected chi connectivity index (χ1v) is 33.4. The van der Waals surface area contributed by atoms with E-state index in [1.807, 2.05) is 31.0 Å². The van der Waals surface area contributed by atoms with Crippen LogP contribution in [0.2, 0.25) is 0 Å². The number of furan rings is 1. The van der Waals surface area contributed by atoms with E-state index in [0.29, 0.717) is 60.1 Å². The lowest BCUT2D eigenvalue weighted by Gasteiger charge is -2.67. The normalized spacial score (nSPS) is 42.8. The number of esters is 1. The van der Waals surface area contributed by atoms with Crippen molar-refractivity contribution in [3.63, 3.8) is 0 Å². The van der Waals surface area contributed by atoms with Gasteiger partial charge in [0.2, 0.25) is 12.0 Å². The minimum absolute atomic E-state index is 0.0138. The van der Waals surface area contributed by atoms with Gasteiger partial charge in [0.05, 0.1) is 30.7 Å². The zero-order chi connectivity index (χ0) is 57.4. The van der Waals surface area contributed by atoms with Gasteiger partial charge in [0.15, 0.2) is 16.9 Å². The minimum Gasteiger partial charge on any atom is -0.485 e. The number of fused-ring (bicyclic) bond motifs is 11. The number of ether oxygens (including phenoxy) is 4. The van der Waals surface area contributed by atoms with E-state index in [4.69, 9.17) is 23.4 Å². The fraction of sp³-hybridized carbons (Fsp3) is 0.823. The first-order chi connectivity index (χ1) is 39.0. The third-order valence-corrected chi connectivity index (χ3v) is 25.0. The van der Waals surface area contributed by atoms with Crippen molar-refractivity contribution in [3.8, 4) is 11.5 Å². The van der Waals surface area contributed by atoms with Crippen molar-refractivity contribution in [2.45, 2.75) is 200 Å². The smallest absolute Gasteiger partial charge is 0.306 e. The Hall–Kier alpha value is -2.21. The number of benzene rings is 1. The summed E-state index contributed by atoms with van der Waals surface area (Å²) in [4.78, 5) is 13.1. The van der Waals surface area contributed by atoms with Crippen LogP contribution in [0.1, 0.15) is 141 Å². The van der Waals surface area contributed by atoms with Gasteiger partial charge in [-0.3, -0.25) is 4.79 Å². The lowest BCUT2D eigenvalue weighted by molar-refractivity contribution is -0.424. The lowest BCUT2D eigenvalue weighted by atomic mass is 9.50. The predicted octanol–water partition coefficient (Wildman–Crippen LogP) is 6.17. The van der Waals surface area contributed by atoms with Gasteiger partial charge in [-0.1, -0.05) is 53.5 Å². The van der Waals surface area contributed by atoms with E-state index in [-0.39, 0.29) is 86.0 Å². The van der Waals surface area contributed by atoms with E-state index < -0.39 is 82.1 Å². The van der Waals surface area contributed by atoms with E-state index in [1.165, 1.54) is 0 Å². The van der Waals surface area contributed by atoms with Gasteiger partial charge in [-0.15, -0.1) is 0 Å². The van der Waals surface area contributed by atoms with Gasteiger partial charge in [-0.25, -0.2) is 0 Å². The Morgan fingerprint density at radius 3 is 2.49 bits per heavy atom. The first-order valence-electron chi connectivity index (χ1n) is 31.1. The van der Waals surface area contributed by atoms with Crippen LogP contribution in [0.5, 0.6) is 11.5 Å². The number of nitrogens with one attached hydrogen (secondary N) is 3. The zero-order valence-electron chi connectivity index (χ0n) is 48.5. The molecule has 0 amide bonds. The topological polar surface area (TPSA) is 265 Å². The van der Waals surface area contributed by atoms with Gasteiger partial charge in [0, 0.05) is 59.9 Å². The molecule has 19 heteroatoms. The summed E-state index contributed by atoms with van der Waals surface area (Å²) < 4.78 is 32.7. The Bertz CT molecular complexity index is 2470. The number of aryl methyl sites for hydroxylation is 1. The third-order valence-electron chi connectivity index (χ3n) is 21.6. The molecule has 456 valence electrons. The van der Waals surface area contributed by atoms with Crippen molar-refractivity contribution in [2.24, 2.45) is 52.8 Å². The van der Waals surface area contributed by atoms with Gasteiger partial charge in [0.1, 0.15) is 23.9 Å². The number of hydrogen-bond acceptors (Lipinski definition) is 19. The number of aliphatic hydroxyl groups is 8. The Balaban J connectivity index is 1.14. The molecule has 10 rings (SSSR count). The van der Waals surface area contributed by atoms with Crippen LogP contribution in [-0.4, -0.2) is 171 Å². The van der Waals surface area contributed by atoms with E-state index >= 15 is 0 Å². The van der Waals surface area contributed by atoms with Crippen molar-refractivity contribution in [1.29, 1.82) is 0 Å². The maximum atomic E-state index is 13.9. The number of carbonyl (C=O) groups excluding carboxylic acids is 1. The maximum absolute atomic E-state index is 13.9. The molecule has 8 aliphatic rings. The molecule has 5 aliphatic carbocycles. The number of aliphatic hydroxyl groups excluding tert-OH is 5. The van der Waals surface area contributed by atoms with Crippen LogP contribution in [-0.2, 0) is 20.7 Å². The first kappa shape index (κ1) is 61.9. The molecule has 1 aromatic carbocycles. The van der Waals surface area contributed by atoms with E-state index in [9.17, 15) is 45.6 Å². The van der Waals surface area contributed by atoms with Crippen LogP contribution in [0, 0.1) is 52.8 Å². The molecule has 1 aromatic heterocycles. The van der Waals surface area contributed by atoms with Gasteiger partial charge in [0.25, 0.3) is 0 Å². The highest BCUT2D eigenvalue weighted by atomic mass is 33.1. The molecule has 19 atom stereocenters. The van der Waals surface area contributed by atoms with Crippen LogP contribution < -0.4 is 25.4 Å². The van der Waals surface area contributed by atoms with Crippen LogP contribution in [0.3, 0.4) is 0 Å². The summed E-state index contributed by atoms with van der Waals surface area (Å²) in [6.07, 6.45) is 12.4. The largest absolute Gasteiger partial charge is 0.485 e. The molecule has 17 nitrogen and oxygen atoms in total. The third kappa shape index (κ3) is 11.7. The monoisotopic (exact) mass is 1170 g/mol. The molecular formula is C62H97N3O14S2.